The summed E-state index contributed by atoms with van der Waals surface area (Å²) in [5.74, 6) is 0. The summed E-state index contributed by atoms with van der Waals surface area (Å²) in [7, 11) is 0. The van der Waals surface area contributed by atoms with Gasteiger partial charge in [-0.2, -0.15) is 0 Å². The number of aryl methyl sites for hydroxylation is 3. The van der Waals surface area contributed by atoms with Gasteiger partial charge >= 0.3 is 0 Å². The summed E-state index contributed by atoms with van der Waals surface area (Å²) in [6.07, 6.45) is 3.50. The van der Waals surface area contributed by atoms with Crippen molar-refractivity contribution < 1.29 is 0 Å². The lowest BCUT2D eigenvalue weighted by Gasteiger charge is -2.23. The molecule has 0 amide bonds. The normalized spacial score (nSPS) is 17.4. The Balaban J connectivity index is 1.48. The van der Waals surface area contributed by atoms with Crippen LogP contribution in [0.25, 0.3) is 10.9 Å². The number of rotatable bonds is 3. The van der Waals surface area contributed by atoms with Crippen LogP contribution in [0.4, 0.5) is 0 Å². The average Bonchev–Trinajstić information content (AvgIpc) is 2.91. The lowest BCUT2D eigenvalue weighted by atomic mass is 9.91. The lowest BCUT2D eigenvalue weighted by molar-refractivity contribution is 0.455. The van der Waals surface area contributed by atoms with Crippen LogP contribution in [0.3, 0.4) is 0 Å². The van der Waals surface area contributed by atoms with Gasteiger partial charge in [0.15, 0.2) is 0 Å². The largest absolute Gasteiger partial charge is 0.358 e. The van der Waals surface area contributed by atoms with Crippen LogP contribution >= 0.6 is 0 Å². The Kier molecular flexibility index (Phi) is 3.70. The molecule has 23 heavy (non-hydrogen) atoms. The molecule has 3 aromatic rings. The Morgan fingerprint density at radius 3 is 2.65 bits per heavy atom. The summed E-state index contributed by atoms with van der Waals surface area (Å²) in [5, 5.41) is 5.16. The molecular formula is C21H24N2. The predicted molar refractivity (Wildman–Crippen MR) is 96.9 cm³/mol. The number of nitrogens with one attached hydrogen (secondary N) is 2. The summed E-state index contributed by atoms with van der Waals surface area (Å²) in [6, 6.07) is 16.1. The van der Waals surface area contributed by atoms with Crippen molar-refractivity contribution >= 4 is 10.9 Å². The molecule has 1 aromatic heterocycles. The van der Waals surface area contributed by atoms with Gasteiger partial charge in [-0.05, 0) is 49.9 Å². The zero-order valence-electron chi connectivity index (χ0n) is 13.9. The van der Waals surface area contributed by atoms with E-state index in [0.29, 0.717) is 6.04 Å². The first-order valence-electron chi connectivity index (χ1n) is 8.58. The van der Waals surface area contributed by atoms with Gasteiger partial charge in [0.25, 0.3) is 0 Å². The van der Waals surface area contributed by atoms with Crippen molar-refractivity contribution in [2.24, 2.45) is 0 Å². The van der Waals surface area contributed by atoms with E-state index in [-0.39, 0.29) is 0 Å². The molecule has 0 saturated heterocycles. The van der Waals surface area contributed by atoms with E-state index in [2.05, 4.69) is 66.6 Å². The molecule has 0 saturated carbocycles. The maximum Gasteiger partial charge on any atom is 0.0459 e. The van der Waals surface area contributed by atoms with Crippen molar-refractivity contribution in [2.75, 3.05) is 0 Å². The summed E-state index contributed by atoms with van der Waals surface area (Å²) in [6.45, 7) is 5.27. The van der Waals surface area contributed by atoms with Gasteiger partial charge in [-0.3, -0.25) is 0 Å². The molecule has 0 radical (unpaired) electrons. The number of benzene rings is 2. The van der Waals surface area contributed by atoms with Crippen LogP contribution in [0.15, 0.2) is 42.5 Å². The number of hydrogen-bond donors (Lipinski definition) is 2. The van der Waals surface area contributed by atoms with Gasteiger partial charge in [0.1, 0.15) is 0 Å². The molecule has 1 heterocycles. The fourth-order valence-corrected chi connectivity index (χ4v) is 3.69. The first-order chi connectivity index (χ1) is 11.2. The van der Waals surface area contributed by atoms with E-state index < -0.39 is 0 Å². The molecule has 1 unspecified atom stereocenters. The van der Waals surface area contributed by atoms with Crippen LogP contribution in [0.2, 0.25) is 0 Å². The van der Waals surface area contributed by atoms with Gasteiger partial charge in [-0.15, -0.1) is 0 Å². The molecular weight excluding hydrogens is 280 g/mol. The fraction of sp³-hybridized carbons (Fsp3) is 0.333. The number of fused-ring (bicyclic) bond motifs is 3. The third kappa shape index (κ3) is 2.91. The van der Waals surface area contributed by atoms with E-state index in [0.717, 1.165) is 13.0 Å². The van der Waals surface area contributed by atoms with Crippen molar-refractivity contribution in [3.8, 4) is 0 Å². The topological polar surface area (TPSA) is 27.8 Å². The molecule has 0 bridgehead atoms. The Morgan fingerprint density at radius 1 is 1.04 bits per heavy atom. The zero-order chi connectivity index (χ0) is 15.8. The molecule has 118 valence electrons. The van der Waals surface area contributed by atoms with Crippen LogP contribution in [0, 0.1) is 13.8 Å². The highest BCUT2D eigenvalue weighted by Gasteiger charge is 2.22. The molecule has 0 spiro atoms. The smallest absolute Gasteiger partial charge is 0.0459 e. The molecule has 2 nitrogen and oxygen atoms in total. The molecule has 0 aliphatic heterocycles. The second-order valence-corrected chi connectivity index (χ2v) is 6.94. The predicted octanol–water partition coefficient (Wildman–Crippen LogP) is 4.43. The molecule has 0 fully saturated rings. The van der Waals surface area contributed by atoms with Gasteiger partial charge in [-0.25, -0.2) is 0 Å². The first-order valence-corrected chi connectivity index (χ1v) is 8.58. The first kappa shape index (κ1) is 14.5. The molecule has 1 atom stereocenters. The van der Waals surface area contributed by atoms with Crippen molar-refractivity contribution in [3.63, 3.8) is 0 Å². The van der Waals surface area contributed by atoms with E-state index in [1.165, 1.54) is 51.7 Å². The van der Waals surface area contributed by atoms with Crippen molar-refractivity contribution in [3.05, 3.63) is 70.4 Å². The van der Waals surface area contributed by atoms with Crippen molar-refractivity contribution in [2.45, 2.75) is 45.7 Å². The minimum atomic E-state index is 0.568. The minimum Gasteiger partial charge on any atom is -0.358 e. The standard InChI is InChI=1S/C21H24N2/c1-14-3-6-16(7-4-14)13-22-17-8-9-18-19-11-15(2)5-10-20(19)23-21(18)12-17/h3-7,10-11,17,22-23H,8-9,12-13H2,1-2H3. The Bertz CT molecular complexity index is 827. The average molecular weight is 304 g/mol. The van der Waals surface area contributed by atoms with Crippen molar-refractivity contribution in [1.82, 2.24) is 10.3 Å². The van der Waals surface area contributed by atoms with Gasteiger partial charge in [0.2, 0.25) is 0 Å². The quantitative estimate of drug-likeness (QED) is 0.736. The maximum atomic E-state index is 3.73. The van der Waals surface area contributed by atoms with E-state index in [1.54, 1.807) is 0 Å². The minimum absolute atomic E-state index is 0.568. The second-order valence-electron chi connectivity index (χ2n) is 6.94. The van der Waals surface area contributed by atoms with Crippen LogP contribution in [-0.4, -0.2) is 11.0 Å². The van der Waals surface area contributed by atoms with Gasteiger partial charge in [0.05, 0.1) is 0 Å². The van der Waals surface area contributed by atoms with Gasteiger partial charge < -0.3 is 10.3 Å². The lowest BCUT2D eigenvalue weighted by Crippen LogP contribution is -2.34. The number of H-pyrrole nitrogens is 1. The third-order valence-electron chi connectivity index (χ3n) is 5.06. The molecule has 1 aliphatic carbocycles. The molecule has 2 aromatic carbocycles. The summed E-state index contributed by atoms with van der Waals surface area (Å²) in [5.41, 5.74) is 8.30. The Hall–Kier alpha value is -2.06. The van der Waals surface area contributed by atoms with Gasteiger partial charge in [-0.1, -0.05) is 41.5 Å². The Morgan fingerprint density at radius 2 is 1.83 bits per heavy atom. The number of hydrogen-bond acceptors (Lipinski definition) is 1. The van der Waals surface area contributed by atoms with Crippen LogP contribution in [0.5, 0.6) is 0 Å². The van der Waals surface area contributed by atoms with E-state index in [1.807, 2.05) is 0 Å². The molecule has 4 rings (SSSR count). The van der Waals surface area contributed by atoms with E-state index >= 15 is 0 Å². The maximum absolute atomic E-state index is 3.73. The van der Waals surface area contributed by atoms with E-state index in [4.69, 9.17) is 0 Å². The van der Waals surface area contributed by atoms with E-state index in [9.17, 15) is 0 Å². The zero-order valence-corrected chi connectivity index (χ0v) is 13.9. The highest BCUT2D eigenvalue weighted by atomic mass is 14.9. The highest BCUT2D eigenvalue weighted by Crippen LogP contribution is 2.30. The summed E-state index contributed by atoms with van der Waals surface area (Å²) in [4.78, 5) is 3.64. The highest BCUT2D eigenvalue weighted by molar-refractivity contribution is 5.85. The number of aromatic amines is 1. The second kappa shape index (κ2) is 5.86. The van der Waals surface area contributed by atoms with Crippen LogP contribution in [0.1, 0.15) is 34.4 Å². The van der Waals surface area contributed by atoms with Crippen LogP contribution < -0.4 is 5.32 Å². The molecule has 2 N–H and O–H groups in total. The molecule has 1 aliphatic rings. The summed E-state index contributed by atoms with van der Waals surface area (Å²) >= 11 is 0. The number of aromatic nitrogens is 1. The van der Waals surface area contributed by atoms with Gasteiger partial charge in [0, 0.05) is 35.6 Å². The summed E-state index contributed by atoms with van der Waals surface area (Å²) < 4.78 is 0. The Labute approximate surface area is 137 Å². The SMILES string of the molecule is Cc1ccc(CNC2CCc3c([nH]c4ccc(C)cc34)C2)cc1. The van der Waals surface area contributed by atoms with Crippen LogP contribution in [-0.2, 0) is 19.4 Å². The monoisotopic (exact) mass is 304 g/mol. The molecule has 2 heteroatoms. The fourth-order valence-electron chi connectivity index (χ4n) is 3.69. The third-order valence-corrected chi connectivity index (χ3v) is 5.06. The van der Waals surface area contributed by atoms with Crippen molar-refractivity contribution in [1.29, 1.82) is 0 Å².